The number of benzene rings is 3. The Hall–Kier alpha value is -4.50. The summed E-state index contributed by atoms with van der Waals surface area (Å²) in [4.78, 5) is 41.2. The summed E-state index contributed by atoms with van der Waals surface area (Å²) in [5.74, 6) is -1.25. The first kappa shape index (κ1) is 28.5. The predicted octanol–water partition coefficient (Wildman–Crippen LogP) is 4.78. The van der Waals surface area contributed by atoms with E-state index >= 15 is 0 Å². The van der Waals surface area contributed by atoms with Crippen LogP contribution in [0, 0.1) is 5.82 Å². The first-order valence-corrected chi connectivity index (χ1v) is 13.0. The number of halogens is 1. The lowest BCUT2D eigenvalue weighted by molar-refractivity contribution is -0.139. The molecule has 0 aromatic heterocycles. The number of carbonyl (C=O) groups excluding carboxylic acids is 3. The van der Waals surface area contributed by atoms with Crippen molar-refractivity contribution in [3.63, 3.8) is 0 Å². The molecule has 0 fully saturated rings. The Labute approximate surface area is 233 Å². The van der Waals surface area contributed by atoms with E-state index < -0.39 is 5.82 Å². The van der Waals surface area contributed by atoms with Crippen LogP contribution >= 0.6 is 0 Å². The normalized spacial score (nSPS) is 13.5. The molecule has 0 radical (unpaired) electrons. The maximum atomic E-state index is 13.9. The minimum absolute atomic E-state index is 0.0452. The van der Waals surface area contributed by atoms with Crippen molar-refractivity contribution >= 4 is 46.1 Å². The second-order valence-corrected chi connectivity index (χ2v) is 9.85. The fourth-order valence-electron chi connectivity index (χ4n) is 4.63. The third-order valence-corrected chi connectivity index (χ3v) is 6.58. The van der Waals surface area contributed by atoms with Crippen LogP contribution in [0.3, 0.4) is 0 Å². The standard InChI is InChI=1S/C31H33FN4O4/c1-20(37)36(16-6-15-35(2)3)25-12-10-24(11-13-25)33-30(22-8-5-7-21(17-22)18-28(38)40-4)29-26-14-9-23(32)19-27(26)34-31(29)39/h5,7-14,17,19,33H,6,15-16,18H2,1-4H3,(H,34,39). The molecule has 208 valence electrons. The topological polar surface area (TPSA) is 91.0 Å². The van der Waals surface area contributed by atoms with E-state index in [0.717, 1.165) is 18.7 Å². The van der Waals surface area contributed by atoms with E-state index in [1.165, 1.54) is 19.2 Å². The molecule has 3 aromatic rings. The lowest BCUT2D eigenvalue weighted by atomic mass is 9.98. The molecule has 0 saturated carbocycles. The SMILES string of the molecule is COC(=O)Cc1cccc(C(Nc2ccc(N(CCCN(C)C)C(C)=O)cc2)=C2C(=O)Nc3cc(F)ccc32)c1. The van der Waals surface area contributed by atoms with E-state index in [9.17, 15) is 18.8 Å². The van der Waals surface area contributed by atoms with Gasteiger partial charge in [-0.1, -0.05) is 18.2 Å². The third kappa shape index (κ3) is 6.73. The van der Waals surface area contributed by atoms with Gasteiger partial charge in [0.05, 0.1) is 30.5 Å². The van der Waals surface area contributed by atoms with Crippen LogP contribution in [0.1, 0.15) is 30.0 Å². The fraction of sp³-hybridized carbons (Fsp3) is 0.258. The quantitative estimate of drug-likeness (QED) is 0.282. The molecule has 0 spiro atoms. The Kier molecular flexibility index (Phi) is 8.96. The van der Waals surface area contributed by atoms with Crippen molar-refractivity contribution in [3.8, 4) is 0 Å². The summed E-state index contributed by atoms with van der Waals surface area (Å²) >= 11 is 0. The Morgan fingerprint density at radius 2 is 1.75 bits per heavy atom. The summed E-state index contributed by atoms with van der Waals surface area (Å²) in [6.07, 6.45) is 0.907. The van der Waals surface area contributed by atoms with Crippen LogP contribution in [-0.2, 0) is 25.5 Å². The molecule has 0 unspecified atom stereocenters. The molecule has 9 heteroatoms. The van der Waals surface area contributed by atoms with Crippen molar-refractivity contribution in [1.82, 2.24) is 4.90 Å². The van der Waals surface area contributed by atoms with E-state index in [1.807, 2.05) is 56.6 Å². The largest absolute Gasteiger partial charge is 0.469 e. The van der Waals surface area contributed by atoms with Gasteiger partial charge >= 0.3 is 5.97 Å². The van der Waals surface area contributed by atoms with Gasteiger partial charge in [-0.05, 0) is 86.7 Å². The second kappa shape index (κ2) is 12.6. The van der Waals surface area contributed by atoms with Gasteiger partial charge in [0.25, 0.3) is 5.91 Å². The highest BCUT2D eigenvalue weighted by Gasteiger charge is 2.29. The fourth-order valence-corrected chi connectivity index (χ4v) is 4.63. The molecule has 1 aliphatic heterocycles. The van der Waals surface area contributed by atoms with Gasteiger partial charge in [-0.3, -0.25) is 14.4 Å². The Morgan fingerprint density at radius 1 is 1.00 bits per heavy atom. The van der Waals surface area contributed by atoms with Crippen LogP contribution < -0.4 is 15.5 Å². The highest BCUT2D eigenvalue weighted by molar-refractivity contribution is 6.37. The summed E-state index contributed by atoms with van der Waals surface area (Å²) < 4.78 is 18.7. The van der Waals surface area contributed by atoms with E-state index in [1.54, 1.807) is 24.0 Å². The zero-order valence-electron chi connectivity index (χ0n) is 23.1. The van der Waals surface area contributed by atoms with Crippen LogP contribution in [0.25, 0.3) is 11.3 Å². The number of hydrogen-bond donors (Lipinski definition) is 2. The first-order chi connectivity index (χ1) is 19.2. The maximum absolute atomic E-state index is 13.9. The molecule has 0 aliphatic carbocycles. The number of rotatable bonds is 10. The highest BCUT2D eigenvalue weighted by Crippen LogP contribution is 2.38. The number of anilines is 3. The van der Waals surface area contributed by atoms with Gasteiger partial charge in [0.15, 0.2) is 0 Å². The molecule has 8 nitrogen and oxygen atoms in total. The number of nitrogens with one attached hydrogen (secondary N) is 2. The van der Waals surface area contributed by atoms with E-state index in [4.69, 9.17) is 4.74 Å². The molecule has 2 amide bonds. The average molecular weight is 545 g/mol. The number of amides is 2. The molecule has 40 heavy (non-hydrogen) atoms. The van der Waals surface area contributed by atoms with Gasteiger partial charge in [0.1, 0.15) is 5.82 Å². The summed E-state index contributed by atoms with van der Waals surface area (Å²) in [6, 6.07) is 18.8. The highest BCUT2D eigenvalue weighted by atomic mass is 19.1. The molecule has 0 atom stereocenters. The number of methoxy groups -OCH3 is 1. The van der Waals surface area contributed by atoms with Crippen molar-refractivity contribution in [2.24, 2.45) is 0 Å². The molecule has 1 heterocycles. The molecular weight excluding hydrogens is 511 g/mol. The zero-order valence-corrected chi connectivity index (χ0v) is 23.1. The number of esters is 1. The van der Waals surface area contributed by atoms with Crippen LogP contribution in [0.15, 0.2) is 66.7 Å². The summed E-state index contributed by atoms with van der Waals surface area (Å²) in [5, 5.41) is 6.12. The maximum Gasteiger partial charge on any atom is 0.309 e. The third-order valence-electron chi connectivity index (χ3n) is 6.58. The first-order valence-electron chi connectivity index (χ1n) is 13.0. The molecule has 2 N–H and O–H groups in total. The minimum atomic E-state index is -0.453. The lowest BCUT2D eigenvalue weighted by Gasteiger charge is -2.23. The summed E-state index contributed by atoms with van der Waals surface area (Å²) in [5.41, 5.74) is 4.63. The number of fused-ring (bicyclic) bond motifs is 1. The van der Waals surface area contributed by atoms with Gasteiger partial charge in [-0.2, -0.15) is 0 Å². The molecule has 0 bridgehead atoms. The van der Waals surface area contributed by atoms with Crippen LogP contribution in [0.4, 0.5) is 21.5 Å². The van der Waals surface area contributed by atoms with Gasteiger partial charge in [0, 0.05) is 30.4 Å². The Bertz CT molecular complexity index is 1450. The van der Waals surface area contributed by atoms with Crippen LogP contribution in [0.5, 0.6) is 0 Å². The smallest absolute Gasteiger partial charge is 0.309 e. The zero-order chi connectivity index (χ0) is 28.8. The molecule has 0 saturated heterocycles. The van der Waals surface area contributed by atoms with Crippen molar-refractivity contribution < 1.29 is 23.5 Å². The Morgan fingerprint density at radius 3 is 2.42 bits per heavy atom. The molecule has 3 aromatic carbocycles. The Balaban J connectivity index is 1.72. The number of carbonyl (C=O) groups is 3. The number of nitrogens with zero attached hydrogens (tertiary/aromatic N) is 2. The van der Waals surface area contributed by atoms with Crippen LogP contribution in [-0.4, -0.2) is 57.0 Å². The monoisotopic (exact) mass is 544 g/mol. The van der Waals surface area contributed by atoms with E-state index in [0.29, 0.717) is 45.9 Å². The predicted molar refractivity (Wildman–Crippen MR) is 155 cm³/mol. The van der Waals surface area contributed by atoms with Crippen LogP contribution in [0.2, 0.25) is 0 Å². The van der Waals surface area contributed by atoms with Crippen molar-refractivity contribution in [2.45, 2.75) is 19.8 Å². The average Bonchev–Trinajstić information content (AvgIpc) is 3.24. The van der Waals surface area contributed by atoms with E-state index in [-0.39, 0.29) is 24.2 Å². The molecular formula is C31H33FN4O4. The van der Waals surface area contributed by atoms with Gasteiger partial charge in [-0.25, -0.2) is 4.39 Å². The lowest BCUT2D eigenvalue weighted by Crippen LogP contribution is -2.31. The minimum Gasteiger partial charge on any atom is -0.469 e. The summed E-state index contributed by atoms with van der Waals surface area (Å²) in [6.45, 7) is 3.00. The van der Waals surface area contributed by atoms with Gasteiger partial charge < -0.3 is 25.2 Å². The molecule has 1 aliphatic rings. The van der Waals surface area contributed by atoms with Crippen molar-refractivity contribution in [3.05, 3.63) is 89.2 Å². The summed E-state index contributed by atoms with van der Waals surface area (Å²) in [7, 11) is 5.32. The van der Waals surface area contributed by atoms with Gasteiger partial charge in [0.2, 0.25) is 5.91 Å². The number of hydrogen-bond acceptors (Lipinski definition) is 6. The second-order valence-electron chi connectivity index (χ2n) is 9.85. The number of ether oxygens (including phenoxy) is 1. The van der Waals surface area contributed by atoms with E-state index in [2.05, 4.69) is 15.5 Å². The van der Waals surface area contributed by atoms with Crippen molar-refractivity contribution in [2.75, 3.05) is 49.8 Å². The molecule has 4 rings (SSSR count). The van der Waals surface area contributed by atoms with Gasteiger partial charge in [-0.15, -0.1) is 0 Å². The van der Waals surface area contributed by atoms with Crippen molar-refractivity contribution in [1.29, 1.82) is 0 Å².